The number of hydrogen-bond acceptors (Lipinski definition) is 5. The van der Waals surface area contributed by atoms with E-state index in [0.717, 1.165) is 0 Å². The summed E-state index contributed by atoms with van der Waals surface area (Å²) in [6.07, 6.45) is 2.14. The number of nitro groups is 1. The second kappa shape index (κ2) is 6.10. The molecule has 3 N–H and O–H groups in total. The van der Waals surface area contributed by atoms with Crippen molar-refractivity contribution in [3.05, 3.63) is 19.6 Å². The SMILES string of the molecule is C[S][In]1[CH]=C([N+](=O)[O-])C(CC(N)C(=O)O)[CH]1C. The second-order valence-electron chi connectivity index (χ2n) is 4.20. The van der Waals surface area contributed by atoms with Gasteiger partial charge in [-0.05, 0) is 0 Å². The first-order valence-electron chi connectivity index (χ1n) is 5.25. The van der Waals surface area contributed by atoms with Crippen LogP contribution in [0.3, 0.4) is 0 Å². The van der Waals surface area contributed by atoms with Gasteiger partial charge in [-0.25, -0.2) is 0 Å². The fraction of sp³-hybridized carbons (Fsp3) is 0.667. The minimum atomic E-state index is -2.07. The quantitative estimate of drug-likeness (QED) is 0.555. The third-order valence-corrected chi connectivity index (χ3v) is 18.4. The van der Waals surface area contributed by atoms with Gasteiger partial charge in [-0.3, -0.25) is 0 Å². The molecule has 0 amide bonds. The van der Waals surface area contributed by atoms with Crippen molar-refractivity contribution in [1.82, 2.24) is 0 Å². The number of rotatable bonds is 5. The van der Waals surface area contributed by atoms with Crippen LogP contribution in [0, 0.1) is 16.0 Å². The first kappa shape index (κ1) is 14.8. The summed E-state index contributed by atoms with van der Waals surface area (Å²) in [6, 6.07) is -1.02. The van der Waals surface area contributed by atoms with Gasteiger partial charge in [0.1, 0.15) is 0 Å². The fourth-order valence-electron chi connectivity index (χ4n) is 2.13. The third-order valence-electron chi connectivity index (χ3n) is 3.18. The Bertz CT molecular complexity index is 363. The molecule has 0 aromatic rings. The fourth-order valence-corrected chi connectivity index (χ4v) is 14.9. The van der Waals surface area contributed by atoms with Crippen molar-refractivity contribution < 1.29 is 14.8 Å². The molecule has 0 saturated heterocycles. The van der Waals surface area contributed by atoms with E-state index in [4.69, 9.17) is 10.8 Å². The van der Waals surface area contributed by atoms with Crippen molar-refractivity contribution in [3.63, 3.8) is 0 Å². The van der Waals surface area contributed by atoms with Gasteiger partial charge in [0.15, 0.2) is 0 Å². The van der Waals surface area contributed by atoms with Gasteiger partial charge in [0.25, 0.3) is 0 Å². The van der Waals surface area contributed by atoms with E-state index in [1.807, 2.05) is 17.0 Å². The number of carbonyl (C=O) groups is 1. The maximum absolute atomic E-state index is 10.9. The molecule has 0 spiro atoms. The molecule has 8 heteroatoms. The average Bonchev–Trinajstić information content (AvgIpc) is 2.56. The van der Waals surface area contributed by atoms with E-state index in [2.05, 4.69) is 0 Å². The van der Waals surface area contributed by atoms with Gasteiger partial charge < -0.3 is 0 Å². The normalized spacial score (nSPS) is 25.6. The first-order valence-corrected chi connectivity index (χ1v) is 14.4. The van der Waals surface area contributed by atoms with E-state index in [1.165, 1.54) is 0 Å². The summed E-state index contributed by atoms with van der Waals surface area (Å²) in [5, 5.41) is 19.7. The van der Waals surface area contributed by atoms with Crippen LogP contribution >= 0.6 is 8.59 Å². The summed E-state index contributed by atoms with van der Waals surface area (Å²) in [7, 11) is 1.74. The minimum absolute atomic E-state index is 0.164. The molecular formula is C9H15InN2O4S. The monoisotopic (exact) mass is 362 g/mol. The molecule has 0 saturated carbocycles. The number of carboxylic acid groups (broad SMARTS) is 1. The molecule has 0 fully saturated rings. The Balaban J connectivity index is 2.85. The molecule has 0 bridgehead atoms. The first-order chi connectivity index (χ1) is 7.88. The van der Waals surface area contributed by atoms with Gasteiger partial charge in [-0.2, -0.15) is 0 Å². The predicted molar refractivity (Wildman–Crippen MR) is 67.5 cm³/mol. The number of nitrogens with two attached hydrogens (primary N) is 1. The second-order valence-corrected chi connectivity index (χ2v) is 19.0. The van der Waals surface area contributed by atoms with Crippen LogP contribution in [0.1, 0.15) is 13.3 Å². The van der Waals surface area contributed by atoms with E-state index >= 15 is 0 Å². The standard InChI is InChI=1S/C8H12N2O4.CH4S.In/c1-3-6(5(2)10(13)14)4-7(9)8(11)12;1-2;/h2-3,6-7H,4,9H2,1H3,(H,11,12);2H,1H3;/q;;+1/p-1. The number of hydrogen-bond donors (Lipinski definition) is 2. The van der Waals surface area contributed by atoms with Crippen molar-refractivity contribution in [1.29, 1.82) is 0 Å². The molecule has 94 valence electrons. The molecule has 0 aromatic carbocycles. The molecule has 1 aliphatic heterocycles. The molecule has 1 aliphatic rings. The molecule has 0 aromatic heterocycles. The number of aliphatic carboxylic acids is 1. The van der Waals surface area contributed by atoms with Crippen LogP contribution in [0.15, 0.2) is 9.53 Å². The molecule has 3 unspecified atom stereocenters. The van der Waals surface area contributed by atoms with E-state index in [0.29, 0.717) is 0 Å². The average molecular weight is 362 g/mol. The maximum atomic E-state index is 10.9. The number of allylic oxidation sites excluding steroid dienone is 1. The van der Waals surface area contributed by atoms with E-state index in [-0.39, 0.29) is 26.6 Å². The summed E-state index contributed by atoms with van der Waals surface area (Å²) in [6.45, 7) is 1.99. The number of nitrogens with zero attached hydrogens (tertiary/aromatic N) is 1. The van der Waals surface area contributed by atoms with E-state index < -0.39 is 32.0 Å². The van der Waals surface area contributed by atoms with Crippen molar-refractivity contribution >= 4 is 34.5 Å². The van der Waals surface area contributed by atoms with Crippen LogP contribution in [-0.2, 0) is 4.79 Å². The summed E-state index contributed by atoms with van der Waals surface area (Å²) in [5.41, 5.74) is 5.67. The van der Waals surface area contributed by atoms with Crippen LogP contribution < -0.4 is 5.73 Å². The van der Waals surface area contributed by atoms with Gasteiger partial charge in [0.05, 0.1) is 0 Å². The molecule has 0 aliphatic carbocycles. The molecule has 1 rings (SSSR count). The third kappa shape index (κ3) is 3.38. The van der Waals surface area contributed by atoms with Crippen LogP contribution in [0.5, 0.6) is 0 Å². The van der Waals surface area contributed by atoms with Crippen molar-refractivity contribution in [2.75, 3.05) is 6.26 Å². The van der Waals surface area contributed by atoms with E-state index in [1.54, 1.807) is 8.59 Å². The predicted octanol–water partition coefficient (Wildman–Crippen LogP) is 0.863. The van der Waals surface area contributed by atoms with Crippen LogP contribution in [-0.4, -0.2) is 48.3 Å². The Morgan fingerprint density at radius 3 is 2.82 bits per heavy atom. The van der Waals surface area contributed by atoms with Crippen molar-refractivity contribution in [2.24, 2.45) is 11.7 Å². The Labute approximate surface area is 110 Å². The molecule has 3 atom stereocenters. The van der Waals surface area contributed by atoms with Gasteiger partial charge >= 0.3 is 110 Å². The topological polar surface area (TPSA) is 106 Å². The zero-order valence-electron chi connectivity index (χ0n) is 9.70. The van der Waals surface area contributed by atoms with Gasteiger partial charge in [0, 0.05) is 0 Å². The Hall–Kier alpha value is -0.210. The summed E-state index contributed by atoms with van der Waals surface area (Å²) < 4.78 is 2.08. The Morgan fingerprint density at radius 1 is 1.82 bits per heavy atom. The van der Waals surface area contributed by atoms with Crippen LogP contribution in [0.4, 0.5) is 0 Å². The van der Waals surface area contributed by atoms with Gasteiger partial charge in [-0.15, -0.1) is 0 Å². The van der Waals surface area contributed by atoms with Gasteiger partial charge in [-0.1, -0.05) is 0 Å². The van der Waals surface area contributed by atoms with Crippen LogP contribution in [0.25, 0.3) is 0 Å². The molecule has 1 heterocycles. The number of carboxylic acids is 1. The van der Waals surface area contributed by atoms with Gasteiger partial charge in [0.2, 0.25) is 0 Å². The zero-order chi connectivity index (χ0) is 13.2. The van der Waals surface area contributed by atoms with Crippen molar-refractivity contribution in [2.45, 2.75) is 23.1 Å². The molecular weight excluding hydrogens is 347 g/mol. The summed E-state index contributed by atoms with van der Waals surface area (Å²) >= 11 is -2.07. The van der Waals surface area contributed by atoms with E-state index in [9.17, 15) is 14.9 Å². The Kier molecular flexibility index (Phi) is 5.33. The van der Waals surface area contributed by atoms with Crippen LogP contribution in [0.2, 0.25) is 3.67 Å². The van der Waals surface area contributed by atoms with Crippen molar-refractivity contribution in [3.8, 4) is 0 Å². The summed E-state index contributed by atoms with van der Waals surface area (Å²) in [5.74, 6) is -1.38. The molecule has 0 radical (unpaired) electrons. The summed E-state index contributed by atoms with van der Waals surface area (Å²) in [4.78, 5) is 21.3. The Morgan fingerprint density at radius 2 is 2.41 bits per heavy atom. The zero-order valence-corrected chi connectivity index (χ0v) is 13.8. The molecule has 6 nitrogen and oxygen atoms in total. The molecule has 17 heavy (non-hydrogen) atoms.